The molecule has 0 heterocycles. The Morgan fingerprint density at radius 3 is 2.81 bits per heavy atom. The van der Waals surface area contributed by atoms with E-state index in [1.54, 1.807) is 18.2 Å². The normalized spacial score (nSPS) is 15.4. The van der Waals surface area contributed by atoms with E-state index in [9.17, 15) is 4.79 Å². The Kier molecular flexibility index (Phi) is 5.44. The van der Waals surface area contributed by atoms with Crippen molar-refractivity contribution in [2.24, 2.45) is 0 Å². The van der Waals surface area contributed by atoms with Crippen molar-refractivity contribution in [3.8, 4) is 5.75 Å². The van der Waals surface area contributed by atoms with Crippen LogP contribution in [0, 0.1) is 0 Å². The fraction of sp³-hybridized carbons (Fsp3) is 0.562. The number of amides is 1. The number of anilines is 1. The van der Waals surface area contributed by atoms with E-state index in [-0.39, 0.29) is 5.91 Å². The number of carbonyl (C=O) groups is 1. The van der Waals surface area contributed by atoms with Crippen molar-refractivity contribution in [1.82, 2.24) is 10.2 Å². The molecule has 1 aliphatic carbocycles. The molecule has 0 unspecified atom stereocenters. The summed E-state index contributed by atoms with van der Waals surface area (Å²) in [4.78, 5) is 14.6. The minimum atomic E-state index is -0.140. The summed E-state index contributed by atoms with van der Waals surface area (Å²) in [6.07, 6.45) is 5.19. The number of hydrogen-bond donors (Lipinski definition) is 2. The van der Waals surface area contributed by atoms with Crippen molar-refractivity contribution < 1.29 is 9.53 Å². The van der Waals surface area contributed by atoms with Crippen LogP contribution in [-0.2, 0) is 0 Å². The number of likely N-dealkylation sites (N-methyl/N-ethyl adjacent to an activating group) is 1. The van der Waals surface area contributed by atoms with Gasteiger partial charge in [-0.2, -0.15) is 0 Å². The highest BCUT2D eigenvalue weighted by molar-refractivity contribution is 5.98. The summed E-state index contributed by atoms with van der Waals surface area (Å²) in [5.41, 5.74) is 6.78. The largest absolute Gasteiger partial charge is 0.494 e. The second-order valence-electron chi connectivity index (χ2n) is 5.60. The Labute approximate surface area is 126 Å². The molecule has 2 rings (SSSR count). The molecule has 1 saturated carbocycles. The second-order valence-corrected chi connectivity index (χ2v) is 5.60. The lowest BCUT2D eigenvalue weighted by atomic mass is 10.1. The smallest absolute Gasteiger partial charge is 0.255 e. The third-order valence-corrected chi connectivity index (χ3v) is 4.19. The van der Waals surface area contributed by atoms with Gasteiger partial charge in [0.05, 0.1) is 18.4 Å². The van der Waals surface area contributed by atoms with Crippen LogP contribution >= 0.6 is 0 Å². The van der Waals surface area contributed by atoms with Gasteiger partial charge in [0, 0.05) is 19.1 Å². The summed E-state index contributed by atoms with van der Waals surface area (Å²) in [5.74, 6) is 0.304. The molecule has 0 bridgehead atoms. The molecule has 1 amide bonds. The third-order valence-electron chi connectivity index (χ3n) is 4.19. The summed E-state index contributed by atoms with van der Waals surface area (Å²) >= 11 is 0. The van der Waals surface area contributed by atoms with Gasteiger partial charge in [0.1, 0.15) is 0 Å². The minimum absolute atomic E-state index is 0.140. The van der Waals surface area contributed by atoms with Gasteiger partial charge in [0.25, 0.3) is 5.91 Å². The molecule has 5 nitrogen and oxygen atoms in total. The average molecular weight is 291 g/mol. The van der Waals surface area contributed by atoms with Crippen molar-refractivity contribution in [2.75, 3.05) is 33.0 Å². The van der Waals surface area contributed by atoms with E-state index >= 15 is 0 Å². The Bertz CT molecular complexity index is 484. The molecule has 0 saturated heterocycles. The molecule has 0 atom stereocenters. The van der Waals surface area contributed by atoms with Crippen LogP contribution in [-0.4, -0.2) is 44.1 Å². The van der Waals surface area contributed by atoms with Gasteiger partial charge in [-0.3, -0.25) is 4.79 Å². The summed E-state index contributed by atoms with van der Waals surface area (Å²) in [5, 5.41) is 2.94. The molecule has 0 aromatic heterocycles. The quantitative estimate of drug-likeness (QED) is 0.785. The molecule has 1 aromatic rings. The number of nitrogens with two attached hydrogens (primary N) is 1. The van der Waals surface area contributed by atoms with Crippen LogP contribution in [0.4, 0.5) is 5.69 Å². The van der Waals surface area contributed by atoms with Crippen molar-refractivity contribution >= 4 is 11.6 Å². The average Bonchev–Trinajstić information content (AvgIpc) is 3.01. The number of nitrogens with one attached hydrogen (secondary N) is 1. The van der Waals surface area contributed by atoms with E-state index < -0.39 is 0 Å². The molecule has 0 aliphatic heterocycles. The second kappa shape index (κ2) is 7.31. The fourth-order valence-electron chi connectivity index (χ4n) is 2.93. The van der Waals surface area contributed by atoms with Crippen LogP contribution < -0.4 is 15.8 Å². The topological polar surface area (TPSA) is 67.6 Å². The number of nitrogen functional groups attached to an aromatic ring is 1. The number of carbonyl (C=O) groups excluding carboxylic acids is 1. The third kappa shape index (κ3) is 3.88. The van der Waals surface area contributed by atoms with E-state index in [1.807, 2.05) is 0 Å². The molecular formula is C16H25N3O2. The molecular weight excluding hydrogens is 266 g/mol. The van der Waals surface area contributed by atoms with Gasteiger partial charge in [-0.05, 0) is 32.0 Å². The van der Waals surface area contributed by atoms with Crippen molar-refractivity contribution in [1.29, 1.82) is 0 Å². The number of ether oxygens (including phenoxy) is 1. The minimum Gasteiger partial charge on any atom is -0.494 e. The van der Waals surface area contributed by atoms with Crippen LogP contribution in [0.15, 0.2) is 18.2 Å². The number of methoxy groups -OCH3 is 1. The van der Waals surface area contributed by atoms with Crippen molar-refractivity contribution in [3.05, 3.63) is 23.8 Å². The predicted molar refractivity (Wildman–Crippen MR) is 84.6 cm³/mol. The van der Waals surface area contributed by atoms with Gasteiger partial charge in [-0.15, -0.1) is 0 Å². The Morgan fingerprint density at radius 1 is 1.43 bits per heavy atom. The van der Waals surface area contributed by atoms with Gasteiger partial charge < -0.3 is 20.7 Å². The summed E-state index contributed by atoms with van der Waals surface area (Å²) in [6.45, 7) is 1.49. The predicted octanol–water partition coefficient (Wildman–Crippen LogP) is 1.88. The first-order valence-corrected chi connectivity index (χ1v) is 7.54. The molecule has 0 radical (unpaired) electrons. The van der Waals surface area contributed by atoms with Gasteiger partial charge in [-0.1, -0.05) is 18.9 Å². The maximum absolute atomic E-state index is 12.2. The number of para-hydroxylation sites is 1. The monoisotopic (exact) mass is 291 g/mol. The van der Waals surface area contributed by atoms with E-state index in [1.165, 1.54) is 32.8 Å². The molecule has 1 fully saturated rings. The zero-order valence-electron chi connectivity index (χ0n) is 12.9. The zero-order valence-corrected chi connectivity index (χ0v) is 12.9. The number of rotatable bonds is 6. The lowest BCUT2D eigenvalue weighted by molar-refractivity contribution is 0.0944. The summed E-state index contributed by atoms with van der Waals surface area (Å²) in [6, 6.07) is 5.88. The lowest BCUT2D eigenvalue weighted by Gasteiger charge is -2.24. The summed E-state index contributed by atoms with van der Waals surface area (Å²) in [7, 11) is 3.65. The highest BCUT2D eigenvalue weighted by atomic mass is 16.5. The van der Waals surface area contributed by atoms with Crippen molar-refractivity contribution in [3.63, 3.8) is 0 Å². The number of nitrogens with zero attached hydrogens (tertiary/aromatic N) is 1. The first-order valence-electron chi connectivity index (χ1n) is 7.54. The van der Waals surface area contributed by atoms with E-state index in [0.717, 1.165) is 6.54 Å². The summed E-state index contributed by atoms with van der Waals surface area (Å²) < 4.78 is 5.21. The number of hydrogen-bond acceptors (Lipinski definition) is 4. The van der Waals surface area contributed by atoms with Gasteiger partial charge in [0.2, 0.25) is 0 Å². The molecule has 21 heavy (non-hydrogen) atoms. The van der Waals surface area contributed by atoms with Crippen LogP contribution in [0.3, 0.4) is 0 Å². The lowest BCUT2D eigenvalue weighted by Crippen LogP contribution is -2.37. The van der Waals surface area contributed by atoms with Crippen LogP contribution in [0.1, 0.15) is 36.0 Å². The molecule has 1 aromatic carbocycles. The number of benzene rings is 1. The van der Waals surface area contributed by atoms with Gasteiger partial charge >= 0.3 is 0 Å². The Hall–Kier alpha value is -1.75. The standard InChI is InChI=1S/C16H25N3O2/c1-19(12-6-3-4-7-12)11-10-18-16(20)13-8-5-9-14(17)15(13)21-2/h5,8-9,12H,3-4,6-7,10-11,17H2,1-2H3,(H,18,20). The molecule has 116 valence electrons. The molecule has 0 spiro atoms. The fourth-order valence-corrected chi connectivity index (χ4v) is 2.93. The first kappa shape index (κ1) is 15.6. The SMILES string of the molecule is COc1c(N)cccc1C(=O)NCCN(C)C1CCCC1. The molecule has 3 N–H and O–H groups in total. The van der Waals surface area contributed by atoms with Gasteiger partial charge in [0.15, 0.2) is 5.75 Å². The molecule has 5 heteroatoms. The Balaban J connectivity index is 1.86. The highest BCUT2D eigenvalue weighted by Crippen LogP contribution is 2.25. The van der Waals surface area contributed by atoms with Crippen LogP contribution in [0.25, 0.3) is 0 Å². The maximum atomic E-state index is 12.2. The van der Waals surface area contributed by atoms with Gasteiger partial charge in [-0.25, -0.2) is 0 Å². The van der Waals surface area contributed by atoms with E-state index in [4.69, 9.17) is 10.5 Å². The first-order chi connectivity index (χ1) is 10.1. The maximum Gasteiger partial charge on any atom is 0.255 e. The van der Waals surface area contributed by atoms with E-state index in [2.05, 4.69) is 17.3 Å². The van der Waals surface area contributed by atoms with Crippen LogP contribution in [0.5, 0.6) is 5.75 Å². The highest BCUT2D eigenvalue weighted by Gasteiger charge is 2.19. The molecule has 1 aliphatic rings. The van der Waals surface area contributed by atoms with E-state index in [0.29, 0.717) is 29.6 Å². The van der Waals surface area contributed by atoms with Crippen LogP contribution in [0.2, 0.25) is 0 Å². The zero-order chi connectivity index (χ0) is 15.2. The van der Waals surface area contributed by atoms with Crippen molar-refractivity contribution in [2.45, 2.75) is 31.7 Å². The Morgan fingerprint density at radius 2 is 2.14 bits per heavy atom.